The van der Waals surface area contributed by atoms with Crippen LogP contribution in [0.2, 0.25) is 5.02 Å². The van der Waals surface area contributed by atoms with Gasteiger partial charge in [-0.2, -0.15) is 5.10 Å². The zero-order valence-electron chi connectivity index (χ0n) is 19.5. The van der Waals surface area contributed by atoms with E-state index in [0.29, 0.717) is 11.3 Å². The Hall–Kier alpha value is -4.02. The minimum Gasteiger partial charge on any atom is -0.475 e. The molecule has 0 radical (unpaired) electrons. The van der Waals surface area contributed by atoms with Gasteiger partial charge in [0.25, 0.3) is 11.8 Å². The van der Waals surface area contributed by atoms with E-state index in [1.165, 1.54) is 7.05 Å². The molecule has 190 valence electrons. The monoisotopic (exact) mass is 526 g/mol. The SMILES string of the molecule is CNC(=O)c1cnc(OCCO)c(F)c1-c1c(Cl)c(F)cc2c1C[C@](c1ccccc1)(c1ccn[nH]1)O2. The number of aromatic amines is 1. The van der Waals surface area contributed by atoms with Crippen molar-refractivity contribution in [3.05, 3.63) is 93.9 Å². The number of aliphatic hydroxyl groups excluding tert-OH is 1. The van der Waals surface area contributed by atoms with Crippen LogP contribution in [0.1, 0.15) is 27.2 Å². The largest absolute Gasteiger partial charge is 0.475 e. The van der Waals surface area contributed by atoms with E-state index in [2.05, 4.69) is 20.5 Å². The summed E-state index contributed by atoms with van der Waals surface area (Å²) in [6.07, 6.45) is 2.80. The summed E-state index contributed by atoms with van der Waals surface area (Å²) in [6, 6.07) is 12.1. The number of nitrogens with one attached hydrogen (secondary N) is 2. The molecule has 37 heavy (non-hydrogen) atoms. The molecule has 3 N–H and O–H groups in total. The van der Waals surface area contributed by atoms with Gasteiger partial charge in [0, 0.05) is 54.2 Å². The quantitative estimate of drug-likeness (QED) is 0.336. The fourth-order valence-corrected chi connectivity index (χ4v) is 4.82. The fourth-order valence-electron chi connectivity index (χ4n) is 4.56. The second-order valence-corrected chi connectivity index (χ2v) is 8.66. The van der Waals surface area contributed by atoms with Crippen molar-refractivity contribution in [3.8, 4) is 22.8 Å². The van der Waals surface area contributed by atoms with Gasteiger partial charge in [-0.1, -0.05) is 41.9 Å². The van der Waals surface area contributed by atoms with Crippen molar-refractivity contribution in [2.75, 3.05) is 20.3 Å². The van der Waals surface area contributed by atoms with Gasteiger partial charge in [0.15, 0.2) is 11.4 Å². The van der Waals surface area contributed by atoms with Gasteiger partial charge in [0.2, 0.25) is 0 Å². The average molecular weight is 527 g/mol. The van der Waals surface area contributed by atoms with Crippen molar-refractivity contribution in [2.45, 2.75) is 12.0 Å². The van der Waals surface area contributed by atoms with E-state index >= 15 is 8.78 Å². The molecule has 0 bridgehead atoms. The molecule has 4 aromatic rings. The molecule has 0 aliphatic carbocycles. The van der Waals surface area contributed by atoms with Gasteiger partial charge in [-0.25, -0.2) is 13.8 Å². The summed E-state index contributed by atoms with van der Waals surface area (Å²) >= 11 is 6.47. The summed E-state index contributed by atoms with van der Waals surface area (Å²) in [5.74, 6) is -2.88. The van der Waals surface area contributed by atoms with E-state index < -0.39 is 29.0 Å². The smallest absolute Gasteiger partial charge is 0.253 e. The number of hydrogen-bond acceptors (Lipinski definition) is 6. The lowest BCUT2D eigenvalue weighted by molar-refractivity contribution is 0.0962. The lowest BCUT2D eigenvalue weighted by atomic mass is 9.83. The Morgan fingerprint density at radius 2 is 2.05 bits per heavy atom. The average Bonchev–Trinajstić information content (AvgIpc) is 3.58. The first-order chi connectivity index (χ1) is 17.9. The first-order valence-electron chi connectivity index (χ1n) is 11.3. The summed E-state index contributed by atoms with van der Waals surface area (Å²) in [5, 5.41) is 18.2. The van der Waals surface area contributed by atoms with Crippen LogP contribution < -0.4 is 14.8 Å². The number of hydrogen-bond donors (Lipinski definition) is 3. The maximum atomic E-state index is 15.9. The number of H-pyrrole nitrogens is 1. The highest BCUT2D eigenvalue weighted by atomic mass is 35.5. The Labute approximate surface area is 215 Å². The van der Waals surface area contributed by atoms with Crippen molar-refractivity contribution < 1.29 is 28.2 Å². The molecule has 2 aromatic carbocycles. The molecular formula is C26H21ClF2N4O4. The van der Waals surface area contributed by atoms with Crippen molar-refractivity contribution in [1.82, 2.24) is 20.5 Å². The number of benzene rings is 2. The number of aliphatic hydroxyl groups is 1. The summed E-state index contributed by atoms with van der Waals surface area (Å²) in [7, 11) is 1.37. The molecule has 1 atom stereocenters. The third-order valence-electron chi connectivity index (χ3n) is 6.21. The summed E-state index contributed by atoms with van der Waals surface area (Å²) in [4.78, 5) is 16.6. The standard InChI is InChI=1S/C26H21ClF2N4O4/c1-30-24(35)16-13-31-25(36-10-9-34)23(29)21(16)20-15-12-26(19-7-8-32-33-19,14-5-3-2-4-6-14)37-18(15)11-17(28)22(20)27/h2-8,11,13,34H,9-10,12H2,1H3,(H,30,35)(H,32,33)/t26-/m0/s1. The summed E-state index contributed by atoms with van der Waals surface area (Å²) < 4.78 is 42.8. The first kappa shape index (κ1) is 24.7. The lowest BCUT2D eigenvalue weighted by Gasteiger charge is -2.28. The van der Waals surface area contributed by atoms with Crippen molar-refractivity contribution in [3.63, 3.8) is 0 Å². The number of rotatable bonds is 7. The van der Waals surface area contributed by atoms with Crippen LogP contribution in [0.3, 0.4) is 0 Å². The predicted octanol–water partition coefficient (Wildman–Crippen LogP) is 4.01. The second kappa shape index (κ2) is 9.79. The molecule has 2 aromatic heterocycles. The van der Waals surface area contributed by atoms with E-state index in [1.807, 2.05) is 30.3 Å². The van der Waals surface area contributed by atoms with E-state index in [4.69, 9.17) is 26.2 Å². The van der Waals surface area contributed by atoms with E-state index in [9.17, 15) is 4.79 Å². The number of fused-ring (bicyclic) bond motifs is 1. The number of pyridine rings is 1. The van der Waals surface area contributed by atoms with E-state index in [0.717, 1.165) is 17.8 Å². The first-order valence-corrected chi connectivity index (χ1v) is 11.7. The molecule has 1 amide bonds. The molecule has 1 aliphatic heterocycles. The van der Waals surface area contributed by atoms with Crippen molar-refractivity contribution in [1.29, 1.82) is 0 Å². The Morgan fingerprint density at radius 3 is 2.73 bits per heavy atom. The maximum Gasteiger partial charge on any atom is 0.253 e. The fraction of sp³-hybridized carbons (Fsp3) is 0.192. The molecule has 5 rings (SSSR count). The van der Waals surface area contributed by atoms with Gasteiger partial charge in [-0.15, -0.1) is 0 Å². The van der Waals surface area contributed by atoms with Crippen LogP contribution in [0.4, 0.5) is 8.78 Å². The molecule has 0 saturated carbocycles. The van der Waals surface area contributed by atoms with Gasteiger partial charge in [-0.05, 0) is 6.07 Å². The Balaban J connectivity index is 1.78. The topological polar surface area (TPSA) is 109 Å². The van der Waals surface area contributed by atoms with Crippen molar-refractivity contribution >= 4 is 17.5 Å². The van der Waals surface area contributed by atoms with Crippen LogP contribution in [0, 0.1) is 11.6 Å². The minimum atomic E-state index is -1.15. The minimum absolute atomic E-state index is 0.0543. The molecule has 8 nitrogen and oxygen atoms in total. The molecule has 3 heterocycles. The normalized spacial score (nSPS) is 16.2. The number of carbonyl (C=O) groups is 1. The molecule has 0 saturated heterocycles. The van der Waals surface area contributed by atoms with Gasteiger partial charge in [0.1, 0.15) is 18.2 Å². The number of amides is 1. The number of nitrogens with zero attached hydrogens (tertiary/aromatic N) is 2. The Kier molecular flexibility index (Phi) is 6.53. The Morgan fingerprint density at radius 1 is 1.27 bits per heavy atom. The number of ether oxygens (including phenoxy) is 2. The zero-order valence-corrected chi connectivity index (χ0v) is 20.3. The van der Waals surface area contributed by atoms with Gasteiger partial charge < -0.3 is 19.9 Å². The highest BCUT2D eigenvalue weighted by Gasteiger charge is 2.46. The zero-order chi connectivity index (χ0) is 26.2. The third-order valence-corrected chi connectivity index (χ3v) is 6.58. The molecule has 0 unspecified atom stereocenters. The molecule has 11 heteroatoms. The maximum absolute atomic E-state index is 15.9. The lowest BCUT2D eigenvalue weighted by Crippen LogP contribution is -2.33. The highest BCUT2D eigenvalue weighted by Crippen LogP contribution is 2.52. The molecular weight excluding hydrogens is 506 g/mol. The van der Waals surface area contributed by atoms with E-state index in [-0.39, 0.29) is 47.1 Å². The van der Waals surface area contributed by atoms with Crippen molar-refractivity contribution in [2.24, 2.45) is 0 Å². The molecule has 0 spiro atoms. The number of halogens is 3. The number of aromatic nitrogens is 3. The van der Waals surface area contributed by atoms with Crippen LogP contribution in [0.15, 0.2) is 54.9 Å². The predicted molar refractivity (Wildman–Crippen MR) is 131 cm³/mol. The summed E-state index contributed by atoms with van der Waals surface area (Å²) in [5.41, 5.74) is 0.0379. The highest BCUT2D eigenvalue weighted by molar-refractivity contribution is 6.34. The van der Waals surface area contributed by atoms with Crippen LogP contribution in [-0.2, 0) is 12.0 Å². The molecule has 1 aliphatic rings. The van der Waals surface area contributed by atoms with Gasteiger partial charge in [0.05, 0.1) is 22.9 Å². The second-order valence-electron chi connectivity index (χ2n) is 8.28. The Bertz CT molecular complexity index is 1470. The number of carbonyl (C=O) groups excluding carboxylic acids is 1. The van der Waals surface area contributed by atoms with Crippen LogP contribution in [-0.4, -0.2) is 46.5 Å². The van der Waals surface area contributed by atoms with Gasteiger partial charge >= 0.3 is 0 Å². The van der Waals surface area contributed by atoms with Crippen LogP contribution >= 0.6 is 11.6 Å². The van der Waals surface area contributed by atoms with Gasteiger partial charge in [-0.3, -0.25) is 9.89 Å². The van der Waals surface area contributed by atoms with Crippen LogP contribution in [0.5, 0.6) is 11.6 Å². The molecule has 0 fully saturated rings. The summed E-state index contributed by atoms with van der Waals surface area (Å²) in [6.45, 7) is -0.626. The van der Waals surface area contributed by atoms with E-state index in [1.54, 1.807) is 12.3 Å². The van der Waals surface area contributed by atoms with Crippen LogP contribution in [0.25, 0.3) is 11.1 Å². The third kappa shape index (κ3) is 4.08.